The van der Waals surface area contributed by atoms with Crippen LogP contribution in [0.3, 0.4) is 0 Å². The van der Waals surface area contributed by atoms with Crippen LogP contribution in [0.25, 0.3) is 0 Å². The third kappa shape index (κ3) is 3.29. The summed E-state index contributed by atoms with van der Waals surface area (Å²) >= 11 is 5.89. The highest BCUT2D eigenvalue weighted by Crippen LogP contribution is 2.20. The molecule has 0 aliphatic carbocycles. The highest BCUT2D eigenvalue weighted by molar-refractivity contribution is 6.31. The van der Waals surface area contributed by atoms with E-state index in [0.29, 0.717) is 17.2 Å². The van der Waals surface area contributed by atoms with E-state index in [4.69, 9.17) is 16.3 Å². The third-order valence-electron chi connectivity index (χ3n) is 2.42. The Hall–Kier alpha value is -1.38. The molecule has 0 saturated heterocycles. The molecular formula is C14H12ClFO. The second-order valence-corrected chi connectivity index (χ2v) is 4.09. The monoisotopic (exact) mass is 250 g/mol. The van der Waals surface area contributed by atoms with E-state index in [2.05, 4.69) is 0 Å². The number of hydrogen-bond acceptors (Lipinski definition) is 1. The zero-order chi connectivity index (χ0) is 12.1. The second-order valence-electron chi connectivity index (χ2n) is 3.68. The molecule has 0 fully saturated rings. The van der Waals surface area contributed by atoms with Crippen molar-refractivity contribution in [3.8, 4) is 0 Å². The van der Waals surface area contributed by atoms with Gasteiger partial charge in [-0.2, -0.15) is 0 Å². The molecule has 3 heteroatoms. The first-order valence-corrected chi connectivity index (χ1v) is 5.70. The first-order valence-electron chi connectivity index (χ1n) is 5.32. The molecule has 1 nitrogen and oxygen atoms in total. The van der Waals surface area contributed by atoms with Crippen LogP contribution in [0, 0.1) is 5.82 Å². The van der Waals surface area contributed by atoms with E-state index >= 15 is 0 Å². The Morgan fingerprint density at radius 1 is 0.941 bits per heavy atom. The Bertz CT molecular complexity index is 465. The summed E-state index contributed by atoms with van der Waals surface area (Å²) in [6.45, 7) is 0.631. The molecule has 17 heavy (non-hydrogen) atoms. The van der Waals surface area contributed by atoms with Crippen molar-refractivity contribution in [3.63, 3.8) is 0 Å². The minimum Gasteiger partial charge on any atom is -0.372 e. The van der Waals surface area contributed by atoms with Crippen molar-refractivity contribution < 1.29 is 9.13 Å². The van der Waals surface area contributed by atoms with Gasteiger partial charge in [-0.15, -0.1) is 0 Å². The largest absolute Gasteiger partial charge is 0.372 e. The highest BCUT2D eigenvalue weighted by atomic mass is 35.5. The maximum absolute atomic E-state index is 13.4. The summed E-state index contributed by atoms with van der Waals surface area (Å²) in [6, 6.07) is 14.4. The first-order chi connectivity index (χ1) is 8.27. The summed E-state index contributed by atoms with van der Waals surface area (Å²) in [5, 5.41) is 0.401. The average Bonchev–Trinajstić information content (AvgIpc) is 2.34. The normalized spacial score (nSPS) is 10.5. The van der Waals surface area contributed by atoms with Crippen LogP contribution in [0.1, 0.15) is 11.1 Å². The number of benzene rings is 2. The molecule has 0 atom stereocenters. The number of rotatable bonds is 4. The van der Waals surface area contributed by atoms with Gasteiger partial charge in [0.25, 0.3) is 0 Å². The number of ether oxygens (including phenoxy) is 1. The molecule has 0 saturated carbocycles. The van der Waals surface area contributed by atoms with Gasteiger partial charge in [-0.05, 0) is 17.7 Å². The predicted molar refractivity (Wildman–Crippen MR) is 66.3 cm³/mol. The molecule has 0 aliphatic rings. The zero-order valence-corrected chi connectivity index (χ0v) is 9.95. The smallest absolute Gasteiger partial charge is 0.130 e. The van der Waals surface area contributed by atoms with Crippen LogP contribution in [-0.2, 0) is 18.0 Å². The minimum absolute atomic E-state index is 0.181. The van der Waals surface area contributed by atoms with Crippen molar-refractivity contribution in [1.82, 2.24) is 0 Å². The van der Waals surface area contributed by atoms with Crippen molar-refractivity contribution >= 4 is 11.6 Å². The third-order valence-corrected chi connectivity index (χ3v) is 2.77. The molecule has 88 valence electrons. The molecule has 0 aromatic heterocycles. The maximum atomic E-state index is 13.4. The average molecular weight is 251 g/mol. The van der Waals surface area contributed by atoms with Gasteiger partial charge in [0, 0.05) is 10.6 Å². The standard InChI is InChI=1S/C14H12ClFO/c15-13-7-4-8-14(16)12(13)10-17-9-11-5-2-1-3-6-11/h1-8H,9-10H2. The van der Waals surface area contributed by atoms with E-state index < -0.39 is 0 Å². The first kappa shape index (κ1) is 12.1. The Labute approximate surface area is 105 Å². The minimum atomic E-state index is -0.328. The molecule has 0 spiro atoms. The molecule has 0 unspecified atom stereocenters. The van der Waals surface area contributed by atoms with Crippen LogP contribution in [0.2, 0.25) is 5.02 Å². The van der Waals surface area contributed by atoms with Crippen molar-refractivity contribution in [1.29, 1.82) is 0 Å². The quantitative estimate of drug-likeness (QED) is 0.790. The van der Waals surface area contributed by atoms with E-state index in [1.807, 2.05) is 30.3 Å². The van der Waals surface area contributed by atoms with Gasteiger partial charge in [0.1, 0.15) is 5.82 Å². The van der Waals surface area contributed by atoms with E-state index in [-0.39, 0.29) is 12.4 Å². The van der Waals surface area contributed by atoms with E-state index in [9.17, 15) is 4.39 Å². The summed E-state index contributed by atoms with van der Waals surface area (Å²) < 4.78 is 18.9. The number of hydrogen-bond donors (Lipinski definition) is 0. The summed E-state index contributed by atoms with van der Waals surface area (Å²) in [7, 11) is 0. The molecule has 0 radical (unpaired) electrons. The van der Waals surface area contributed by atoms with Crippen LogP contribution in [-0.4, -0.2) is 0 Å². The predicted octanol–water partition coefficient (Wildman–Crippen LogP) is 4.20. The van der Waals surface area contributed by atoms with Gasteiger partial charge >= 0.3 is 0 Å². The molecule has 0 bridgehead atoms. The van der Waals surface area contributed by atoms with Crippen molar-refractivity contribution in [2.24, 2.45) is 0 Å². The zero-order valence-electron chi connectivity index (χ0n) is 9.20. The van der Waals surface area contributed by atoms with Crippen LogP contribution in [0.15, 0.2) is 48.5 Å². The lowest BCUT2D eigenvalue weighted by Crippen LogP contribution is -1.97. The Balaban J connectivity index is 1.95. The lowest BCUT2D eigenvalue weighted by atomic mass is 10.2. The fourth-order valence-electron chi connectivity index (χ4n) is 1.52. The SMILES string of the molecule is Fc1cccc(Cl)c1COCc1ccccc1. The van der Waals surface area contributed by atoms with E-state index in [1.54, 1.807) is 12.1 Å². The summed E-state index contributed by atoms with van der Waals surface area (Å²) in [5.41, 5.74) is 1.46. The van der Waals surface area contributed by atoms with Gasteiger partial charge in [0.15, 0.2) is 0 Å². The number of halogens is 2. The Kier molecular flexibility index (Phi) is 4.13. The maximum Gasteiger partial charge on any atom is 0.130 e. The van der Waals surface area contributed by atoms with Gasteiger partial charge in [-0.1, -0.05) is 48.0 Å². The van der Waals surface area contributed by atoms with Crippen molar-refractivity contribution in [2.75, 3.05) is 0 Å². The lowest BCUT2D eigenvalue weighted by molar-refractivity contribution is 0.105. The second kappa shape index (κ2) is 5.80. The fraction of sp³-hybridized carbons (Fsp3) is 0.143. The highest BCUT2D eigenvalue weighted by Gasteiger charge is 2.06. The Morgan fingerprint density at radius 3 is 2.41 bits per heavy atom. The fourth-order valence-corrected chi connectivity index (χ4v) is 1.73. The van der Waals surface area contributed by atoms with Gasteiger partial charge in [-0.25, -0.2) is 4.39 Å². The van der Waals surface area contributed by atoms with Crippen LogP contribution < -0.4 is 0 Å². The molecule has 0 aliphatic heterocycles. The van der Waals surface area contributed by atoms with Crippen LogP contribution in [0.4, 0.5) is 4.39 Å². The molecular weight excluding hydrogens is 239 g/mol. The van der Waals surface area contributed by atoms with Crippen LogP contribution in [0.5, 0.6) is 0 Å². The molecule has 2 aromatic rings. The van der Waals surface area contributed by atoms with Crippen LogP contribution >= 0.6 is 11.6 Å². The van der Waals surface area contributed by atoms with Gasteiger partial charge in [-0.3, -0.25) is 0 Å². The van der Waals surface area contributed by atoms with Crippen molar-refractivity contribution in [3.05, 3.63) is 70.5 Å². The molecule has 0 heterocycles. The topological polar surface area (TPSA) is 9.23 Å². The lowest BCUT2D eigenvalue weighted by Gasteiger charge is -2.07. The van der Waals surface area contributed by atoms with Crippen molar-refractivity contribution in [2.45, 2.75) is 13.2 Å². The van der Waals surface area contributed by atoms with Gasteiger partial charge in [0.2, 0.25) is 0 Å². The summed E-state index contributed by atoms with van der Waals surface area (Å²) in [5.74, 6) is -0.328. The molecule has 0 N–H and O–H groups in total. The van der Waals surface area contributed by atoms with E-state index in [1.165, 1.54) is 6.07 Å². The molecule has 2 rings (SSSR count). The molecule has 2 aromatic carbocycles. The van der Waals surface area contributed by atoms with Gasteiger partial charge < -0.3 is 4.74 Å². The molecule has 0 amide bonds. The van der Waals surface area contributed by atoms with Gasteiger partial charge in [0.05, 0.1) is 13.2 Å². The Morgan fingerprint density at radius 2 is 1.71 bits per heavy atom. The summed E-state index contributed by atoms with van der Waals surface area (Å²) in [4.78, 5) is 0. The van der Waals surface area contributed by atoms with E-state index in [0.717, 1.165) is 5.56 Å². The summed E-state index contributed by atoms with van der Waals surface area (Å²) in [6.07, 6.45) is 0.